The summed E-state index contributed by atoms with van der Waals surface area (Å²) in [7, 11) is -0.395. The Morgan fingerprint density at radius 3 is 2.15 bits per heavy atom. The van der Waals surface area contributed by atoms with E-state index in [4.69, 9.17) is 13.9 Å². The van der Waals surface area contributed by atoms with Gasteiger partial charge in [0.15, 0.2) is 8.32 Å². The van der Waals surface area contributed by atoms with E-state index in [2.05, 4.69) is 32.9 Å². The second-order valence-corrected chi connectivity index (χ2v) is 12.1. The van der Waals surface area contributed by atoms with Gasteiger partial charge in [-0.3, -0.25) is 4.79 Å². The molecule has 0 bridgehead atoms. The summed E-state index contributed by atoms with van der Waals surface area (Å²) in [5.41, 5.74) is 0.458. The number of ether oxygens (including phenoxy) is 2. The van der Waals surface area contributed by atoms with E-state index < -0.39 is 13.7 Å². The van der Waals surface area contributed by atoms with Crippen molar-refractivity contribution in [2.45, 2.75) is 71.9 Å². The molecule has 0 saturated carbocycles. The van der Waals surface area contributed by atoms with E-state index in [1.54, 1.807) is 0 Å². The fourth-order valence-corrected chi connectivity index (χ4v) is 6.23. The molecule has 0 aliphatic heterocycles. The quantitative estimate of drug-likeness (QED) is 0.285. The zero-order valence-electron chi connectivity index (χ0n) is 17.3. The van der Waals surface area contributed by atoms with Crippen molar-refractivity contribution in [2.24, 2.45) is 5.41 Å². The Kier molecular flexibility index (Phi) is 9.54. The maximum absolute atomic E-state index is 12.4. The fraction of sp³-hybridized carbons (Fsp3) is 0.667. The first-order valence-corrected chi connectivity index (χ1v) is 12.3. The van der Waals surface area contributed by atoms with Crippen LogP contribution in [-0.2, 0) is 25.3 Å². The lowest BCUT2D eigenvalue weighted by molar-refractivity contribution is -0.157. The molecule has 1 atom stereocenters. The van der Waals surface area contributed by atoms with Gasteiger partial charge in [-0.25, -0.2) is 0 Å². The van der Waals surface area contributed by atoms with Crippen LogP contribution < -0.4 is 0 Å². The third kappa shape index (κ3) is 6.22. The van der Waals surface area contributed by atoms with Crippen LogP contribution in [0.5, 0.6) is 0 Å². The number of hydrogen-bond acceptors (Lipinski definition) is 4. The molecule has 26 heavy (non-hydrogen) atoms. The average Bonchev–Trinajstić information content (AvgIpc) is 2.68. The molecule has 1 rings (SSSR count). The van der Waals surface area contributed by atoms with Gasteiger partial charge >= 0.3 is 5.97 Å². The summed E-state index contributed by atoms with van der Waals surface area (Å²) < 4.78 is 17.6. The van der Waals surface area contributed by atoms with Gasteiger partial charge in [0.05, 0.1) is 25.2 Å². The molecule has 0 aliphatic carbocycles. The molecule has 1 aromatic carbocycles. The number of rotatable bonds is 12. The lowest BCUT2D eigenvalue weighted by Crippen LogP contribution is -2.48. The zero-order chi connectivity index (χ0) is 19.6. The summed E-state index contributed by atoms with van der Waals surface area (Å²) in [6, 6.07) is 13.3. The van der Waals surface area contributed by atoms with Crippen molar-refractivity contribution in [1.82, 2.24) is 0 Å². The molecule has 0 unspecified atom stereocenters. The molecule has 0 aromatic heterocycles. The highest BCUT2D eigenvalue weighted by Crippen LogP contribution is 2.34. The molecule has 148 valence electrons. The minimum absolute atomic E-state index is 0.197. The van der Waals surface area contributed by atoms with Crippen LogP contribution in [0.15, 0.2) is 30.3 Å². The highest BCUT2D eigenvalue weighted by molar-refractivity contribution is 6.73. The van der Waals surface area contributed by atoms with Crippen molar-refractivity contribution in [3.05, 3.63) is 35.9 Å². The number of hydrogen-bond donors (Lipinski definition) is 0. The van der Waals surface area contributed by atoms with Gasteiger partial charge in [-0.2, -0.15) is 0 Å². The number of esters is 1. The predicted molar refractivity (Wildman–Crippen MR) is 109 cm³/mol. The summed E-state index contributed by atoms with van der Waals surface area (Å²) in [6.07, 6.45) is 0.487. The predicted octanol–water partition coefficient (Wildman–Crippen LogP) is 5.18. The molecule has 0 N–H and O–H groups in total. The van der Waals surface area contributed by atoms with E-state index in [9.17, 15) is 4.79 Å². The molecule has 0 heterocycles. The fourth-order valence-electron chi connectivity index (χ4n) is 3.22. The van der Waals surface area contributed by atoms with Gasteiger partial charge in [0.25, 0.3) is 0 Å². The third-order valence-corrected chi connectivity index (χ3v) is 10.1. The molecular weight excluding hydrogens is 344 g/mol. The second-order valence-electron chi connectivity index (χ2n) is 7.39. The highest BCUT2D eigenvalue weighted by atomic mass is 28.4. The van der Waals surface area contributed by atoms with Gasteiger partial charge in [-0.05, 0) is 44.0 Å². The Morgan fingerprint density at radius 1 is 1.08 bits per heavy atom. The molecular formula is C21H36O4Si. The number of benzene rings is 1. The van der Waals surface area contributed by atoms with E-state index >= 15 is 0 Å². The molecule has 1 aromatic rings. The van der Waals surface area contributed by atoms with Crippen LogP contribution in [0.2, 0.25) is 18.1 Å². The van der Waals surface area contributed by atoms with Crippen molar-refractivity contribution in [1.29, 1.82) is 0 Å². The number of methoxy groups -OCH3 is 1. The van der Waals surface area contributed by atoms with Crippen molar-refractivity contribution in [2.75, 3.05) is 13.7 Å². The van der Waals surface area contributed by atoms with Crippen LogP contribution in [0.3, 0.4) is 0 Å². The first-order valence-electron chi connectivity index (χ1n) is 9.73. The maximum Gasteiger partial charge on any atom is 0.313 e. The molecule has 0 aliphatic rings. The Bertz CT molecular complexity index is 518. The van der Waals surface area contributed by atoms with E-state index in [0.717, 1.165) is 23.7 Å². The van der Waals surface area contributed by atoms with E-state index in [1.165, 1.54) is 7.11 Å². The molecule has 4 nitrogen and oxygen atoms in total. The monoisotopic (exact) mass is 380 g/mol. The van der Waals surface area contributed by atoms with Crippen LogP contribution in [0.4, 0.5) is 0 Å². The third-order valence-electron chi connectivity index (χ3n) is 5.48. The molecule has 0 fully saturated rings. The topological polar surface area (TPSA) is 44.8 Å². The van der Waals surface area contributed by atoms with Crippen molar-refractivity contribution in [3.63, 3.8) is 0 Å². The van der Waals surface area contributed by atoms with Gasteiger partial charge in [0, 0.05) is 6.61 Å². The Morgan fingerprint density at radius 2 is 1.65 bits per heavy atom. The van der Waals surface area contributed by atoms with E-state index in [1.807, 2.05) is 32.0 Å². The summed E-state index contributed by atoms with van der Waals surface area (Å²) in [5.74, 6) is -0.225. The van der Waals surface area contributed by atoms with Crippen LogP contribution in [0.1, 0.15) is 46.6 Å². The standard InChI is InChI=1S/C21H36O4Si/c1-7-26(8-2,9-3)25-19(21(4,5)20(22)23-6)15-16-24-17-18-13-11-10-12-14-18/h10-14,19H,7-9,15-17H2,1-6H3/t19-/m0/s1. The summed E-state index contributed by atoms with van der Waals surface area (Å²) in [4.78, 5) is 12.4. The van der Waals surface area contributed by atoms with Gasteiger partial charge in [0.1, 0.15) is 0 Å². The maximum atomic E-state index is 12.4. The van der Waals surface area contributed by atoms with Crippen LogP contribution in [-0.4, -0.2) is 34.1 Å². The lowest BCUT2D eigenvalue weighted by Gasteiger charge is -2.39. The minimum Gasteiger partial charge on any atom is -0.469 e. The lowest BCUT2D eigenvalue weighted by atomic mass is 9.85. The first kappa shape index (κ1) is 22.9. The van der Waals surface area contributed by atoms with Gasteiger partial charge in [-0.1, -0.05) is 51.1 Å². The normalized spacial score (nSPS) is 13.5. The Hall–Kier alpha value is -1.17. The average molecular weight is 381 g/mol. The summed E-state index contributed by atoms with van der Waals surface area (Å²) in [5, 5.41) is 0. The van der Waals surface area contributed by atoms with E-state index in [-0.39, 0.29) is 12.1 Å². The van der Waals surface area contributed by atoms with Gasteiger partial charge in [0.2, 0.25) is 0 Å². The number of carbonyl (C=O) groups is 1. The van der Waals surface area contributed by atoms with E-state index in [0.29, 0.717) is 19.6 Å². The second kappa shape index (κ2) is 10.9. The van der Waals surface area contributed by atoms with Crippen LogP contribution >= 0.6 is 0 Å². The first-order chi connectivity index (χ1) is 12.3. The molecule has 0 radical (unpaired) electrons. The smallest absolute Gasteiger partial charge is 0.313 e. The number of carbonyl (C=O) groups excluding carboxylic acids is 1. The zero-order valence-corrected chi connectivity index (χ0v) is 18.3. The van der Waals surface area contributed by atoms with Gasteiger partial charge in [-0.15, -0.1) is 0 Å². The molecule has 0 saturated heterocycles. The molecule has 0 spiro atoms. The highest BCUT2D eigenvalue weighted by Gasteiger charge is 2.43. The SMILES string of the molecule is CC[Si](CC)(CC)O[C@@H](CCOCc1ccccc1)C(C)(C)C(=O)OC. The minimum atomic E-state index is -1.84. The molecule has 0 amide bonds. The van der Waals surface area contributed by atoms with Crippen molar-refractivity contribution < 1.29 is 18.7 Å². The molecule has 5 heteroatoms. The van der Waals surface area contributed by atoms with Crippen LogP contribution in [0.25, 0.3) is 0 Å². The van der Waals surface area contributed by atoms with Crippen molar-refractivity contribution >= 4 is 14.3 Å². The Balaban J connectivity index is 2.78. The van der Waals surface area contributed by atoms with Crippen molar-refractivity contribution in [3.8, 4) is 0 Å². The summed E-state index contributed by atoms with van der Waals surface area (Å²) in [6.45, 7) is 11.6. The largest absolute Gasteiger partial charge is 0.469 e. The van der Waals surface area contributed by atoms with Gasteiger partial charge < -0.3 is 13.9 Å². The Labute approximate surface area is 160 Å². The van der Waals surface area contributed by atoms with Crippen LogP contribution in [0, 0.1) is 5.41 Å². The summed E-state index contributed by atoms with van der Waals surface area (Å²) >= 11 is 0.